The monoisotopic (exact) mass is 253 g/mol. The van der Waals surface area contributed by atoms with Gasteiger partial charge in [0.15, 0.2) is 5.65 Å². The molecule has 5 nitrogen and oxygen atoms in total. The third-order valence-electron chi connectivity index (χ3n) is 2.47. The average Bonchev–Trinajstić information content (AvgIpc) is 2.70. The van der Waals surface area contributed by atoms with Crippen LogP contribution >= 0.6 is 11.6 Å². The fourth-order valence-electron chi connectivity index (χ4n) is 1.61. The second-order valence-corrected chi connectivity index (χ2v) is 3.99. The summed E-state index contributed by atoms with van der Waals surface area (Å²) in [6.07, 6.45) is 1.45. The number of fused-ring (bicyclic) bond motifs is 1. The van der Waals surface area contributed by atoms with Gasteiger partial charge in [-0.1, -0.05) is 11.6 Å². The van der Waals surface area contributed by atoms with Gasteiger partial charge in [-0.2, -0.15) is 5.10 Å². The number of nitrogens with zero attached hydrogens (tertiary/aromatic N) is 3. The molecule has 0 amide bonds. The quantitative estimate of drug-likeness (QED) is 0.770. The van der Waals surface area contributed by atoms with Crippen molar-refractivity contribution in [3.63, 3.8) is 0 Å². The van der Waals surface area contributed by atoms with Crippen molar-refractivity contribution in [1.82, 2.24) is 14.6 Å². The Kier molecular flexibility index (Phi) is 3.02. The maximum atomic E-state index is 11.7. The molecular formula is C11H12ClN3O2. The van der Waals surface area contributed by atoms with Crippen LogP contribution in [0.15, 0.2) is 6.20 Å². The van der Waals surface area contributed by atoms with E-state index < -0.39 is 5.97 Å². The van der Waals surface area contributed by atoms with Crippen LogP contribution in [0.1, 0.15) is 28.7 Å². The van der Waals surface area contributed by atoms with Gasteiger partial charge in [-0.15, -0.1) is 0 Å². The number of esters is 1. The minimum absolute atomic E-state index is 0.321. The summed E-state index contributed by atoms with van der Waals surface area (Å²) in [6.45, 7) is 5.69. The first-order chi connectivity index (χ1) is 8.06. The Morgan fingerprint density at radius 3 is 2.88 bits per heavy atom. The molecule has 0 atom stereocenters. The van der Waals surface area contributed by atoms with Gasteiger partial charge < -0.3 is 4.74 Å². The number of carbonyl (C=O) groups is 1. The molecule has 2 aromatic heterocycles. The normalized spacial score (nSPS) is 10.8. The molecule has 2 heterocycles. The minimum atomic E-state index is -0.420. The molecule has 0 fully saturated rings. The molecule has 0 bridgehead atoms. The number of aromatic nitrogens is 3. The SMILES string of the molecule is CCOC(=O)c1cnn2c(C)c(Cl)c(C)nc12. The Morgan fingerprint density at radius 2 is 2.24 bits per heavy atom. The molecule has 0 aliphatic rings. The van der Waals surface area contributed by atoms with Gasteiger partial charge in [0.2, 0.25) is 0 Å². The standard InChI is InChI=1S/C11H12ClN3O2/c1-4-17-11(16)8-5-13-15-7(3)9(12)6(2)14-10(8)15/h5H,4H2,1-3H3. The lowest BCUT2D eigenvalue weighted by molar-refractivity contribution is 0.0528. The number of carbonyl (C=O) groups excluding carboxylic acids is 1. The van der Waals surface area contributed by atoms with Crippen molar-refractivity contribution < 1.29 is 9.53 Å². The van der Waals surface area contributed by atoms with Crippen LogP contribution in [0.25, 0.3) is 5.65 Å². The summed E-state index contributed by atoms with van der Waals surface area (Å²) >= 11 is 6.07. The fourth-order valence-corrected chi connectivity index (χ4v) is 1.73. The molecule has 0 aliphatic carbocycles. The zero-order chi connectivity index (χ0) is 12.6. The number of ether oxygens (including phenoxy) is 1. The molecule has 90 valence electrons. The van der Waals surface area contributed by atoms with Crippen LogP contribution in [0, 0.1) is 13.8 Å². The van der Waals surface area contributed by atoms with E-state index in [1.165, 1.54) is 6.20 Å². The van der Waals surface area contributed by atoms with E-state index in [-0.39, 0.29) is 0 Å². The Hall–Kier alpha value is -1.62. The van der Waals surface area contributed by atoms with Gasteiger partial charge in [0.05, 0.1) is 29.2 Å². The first kappa shape index (κ1) is 11.9. The van der Waals surface area contributed by atoms with Crippen LogP contribution < -0.4 is 0 Å². The van der Waals surface area contributed by atoms with Crippen molar-refractivity contribution in [2.24, 2.45) is 0 Å². The number of hydrogen-bond donors (Lipinski definition) is 0. The molecule has 0 unspecified atom stereocenters. The predicted octanol–water partition coefficient (Wildman–Crippen LogP) is 2.18. The van der Waals surface area contributed by atoms with E-state index >= 15 is 0 Å². The zero-order valence-electron chi connectivity index (χ0n) is 9.82. The minimum Gasteiger partial charge on any atom is -0.462 e. The average molecular weight is 254 g/mol. The lowest BCUT2D eigenvalue weighted by Gasteiger charge is -2.05. The van der Waals surface area contributed by atoms with Gasteiger partial charge in [-0.25, -0.2) is 14.3 Å². The number of rotatable bonds is 2. The van der Waals surface area contributed by atoms with E-state index in [1.807, 2.05) is 6.92 Å². The van der Waals surface area contributed by atoms with E-state index in [0.717, 1.165) is 5.69 Å². The largest absolute Gasteiger partial charge is 0.462 e. The van der Waals surface area contributed by atoms with Gasteiger partial charge in [0.1, 0.15) is 5.56 Å². The highest BCUT2D eigenvalue weighted by Crippen LogP contribution is 2.21. The third-order valence-corrected chi connectivity index (χ3v) is 3.01. The van der Waals surface area contributed by atoms with Crippen LogP contribution in [-0.4, -0.2) is 27.2 Å². The molecule has 0 aromatic carbocycles. The summed E-state index contributed by atoms with van der Waals surface area (Å²) in [5, 5.41) is 4.64. The molecule has 0 aliphatic heterocycles. The molecule has 17 heavy (non-hydrogen) atoms. The summed E-state index contributed by atoms with van der Waals surface area (Å²) in [5.41, 5.74) is 2.25. The molecule has 6 heteroatoms. The number of halogens is 1. The molecule has 0 spiro atoms. The smallest absolute Gasteiger partial charge is 0.343 e. The lowest BCUT2D eigenvalue weighted by Crippen LogP contribution is -2.06. The zero-order valence-corrected chi connectivity index (χ0v) is 10.6. The van der Waals surface area contributed by atoms with Gasteiger partial charge in [0.25, 0.3) is 0 Å². The molecule has 0 saturated carbocycles. The summed E-state index contributed by atoms with van der Waals surface area (Å²) in [6, 6.07) is 0. The highest BCUT2D eigenvalue weighted by atomic mass is 35.5. The van der Waals surface area contributed by atoms with Gasteiger partial charge >= 0.3 is 5.97 Å². The second kappa shape index (κ2) is 4.33. The van der Waals surface area contributed by atoms with Crippen LogP contribution in [0.2, 0.25) is 5.02 Å². The van der Waals surface area contributed by atoms with Crippen molar-refractivity contribution in [3.8, 4) is 0 Å². The van der Waals surface area contributed by atoms with Crippen molar-refractivity contribution in [2.75, 3.05) is 6.61 Å². The van der Waals surface area contributed by atoms with E-state index in [1.54, 1.807) is 18.4 Å². The van der Waals surface area contributed by atoms with Gasteiger partial charge in [-0.3, -0.25) is 0 Å². The number of aryl methyl sites for hydroxylation is 2. The molecule has 0 saturated heterocycles. The van der Waals surface area contributed by atoms with Crippen LogP contribution in [0.3, 0.4) is 0 Å². The molecular weight excluding hydrogens is 242 g/mol. The van der Waals surface area contributed by atoms with Crippen LogP contribution in [-0.2, 0) is 4.74 Å². The maximum absolute atomic E-state index is 11.7. The topological polar surface area (TPSA) is 56.5 Å². The predicted molar refractivity (Wildman–Crippen MR) is 63.4 cm³/mol. The Morgan fingerprint density at radius 1 is 1.53 bits per heavy atom. The van der Waals surface area contributed by atoms with E-state index in [2.05, 4.69) is 10.1 Å². The van der Waals surface area contributed by atoms with Gasteiger partial charge in [0, 0.05) is 0 Å². The highest BCUT2D eigenvalue weighted by Gasteiger charge is 2.18. The van der Waals surface area contributed by atoms with Crippen molar-refractivity contribution in [3.05, 3.63) is 28.2 Å². The highest BCUT2D eigenvalue weighted by molar-refractivity contribution is 6.31. The summed E-state index contributed by atoms with van der Waals surface area (Å²) in [5.74, 6) is -0.420. The van der Waals surface area contributed by atoms with Crippen LogP contribution in [0.4, 0.5) is 0 Å². The fraction of sp³-hybridized carbons (Fsp3) is 0.364. The maximum Gasteiger partial charge on any atom is 0.343 e. The van der Waals surface area contributed by atoms with E-state index in [9.17, 15) is 4.79 Å². The van der Waals surface area contributed by atoms with Crippen molar-refractivity contribution >= 4 is 23.2 Å². The first-order valence-electron chi connectivity index (χ1n) is 5.23. The lowest BCUT2D eigenvalue weighted by atomic mass is 10.3. The Bertz CT molecular complexity index is 592. The second-order valence-electron chi connectivity index (χ2n) is 3.61. The van der Waals surface area contributed by atoms with Gasteiger partial charge in [-0.05, 0) is 20.8 Å². The first-order valence-corrected chi connectivity index (χ1v) is 5.61. The van der Waals surface area contributed by atoms with Crippen LogP contribution in [0.5, 0.6) is 0 Å². The molecule has 2 rings (SSSR count). The Balaban J connectivity index is 2.65. The molecule has 2 aromatic rings. The third kappa shape index (κ3) is 1.86. The summed E-state index contributed by atoms with van der Waals surface area (Å²) in [7, 11) is 0. The van der Waals surface area contributed by atoms with Crippen molar-refractivity contribution in [2.45, 2.75) is 20.8 Å². The molecule has 0 radical (unpaired) electrons. The summed E-state index contributed by atoms with van der Waals surface area (Å²) < 4.78 is 6.48. The van der Waals surface area contributed by atoms with E-state index in [0.29, 0.717) is 28.5 Å². The Labute approximate surface area is 103 Å². The number of hydrogen-bond acceptors (Lipinski definition) is 4. The van der Waals surface area contributed by atoms with Crippen molar-refractivity contribution in [1.29, 1.82) is 0 Å². The van der Waals surface area contributed by atoms with E-state index in [4.69, 9.17) is 16.3 Å². The molecule has 0 N–H and O–H groups in total. The summed E-state index contributed by atoms with van der Waals surface area (Å²) in [4.78, 5) is 15.9.